The number of rotatable bonds is 5. The van der Waals surface area contributed by atoms with Crippen molar-refractivity contribution in [2.24, 2.45) is 0 Å². The van der Waals surface area contributed by atoms with E-state index < -0.39 is 0 Å². The van der Waals surface area contributed by atoms with Gasteiger partial charge in [0.2, 0.25) is 0 Å². The SMILES string of the molecule is COc1cccc([C@H]2CC(=O)C3=C(C2)NC(C)=C(C(=O)OC2CCCC2)[C@@H]3c2cccs2)c1. The van der Waals surface area contributed by atoms with Crippen LogP contribution in [0.2, 0.25) is 0 Å². The van der Waals surface area contributed by atoms with Gasteiger partial charge >= 0.3 is 5.97 Å². The highest BCUT2D eigenvalue weighted by molar-refractivity contribution is 7.10. The van der Waals surface area contributed by atoms with Crippen LogP contribution in [-0.2, 0) is 14.3 Å². The van der Waals surface area contributed by atoms with Crippen molar-refractivity contribution in [3.8, 4) is 5.75 Å². The van der Waals surface area contributed by atoms with Crippen LogP contribution in [0.1, 0.15) is 67.7 Å². The standard InChI is InChI=1S/C27H29NO4S/c1-16-24(27(30)32-19-8-3-4-9-19)26(23-11-6-12-33-23)25-21(28-16)14-18(15-22(25)29)17-7-5-10-20(13-17)31-2/h5-7,10-13,18-19,26,28H,3-4,8-9,14-15H2,1-2H3/t18-,26+/m1/s1. The van der Waals surface area contributed by atoms with E-state index in [0.29, 0.717) is 12.0 Å². The topological polar surface area (TPSA) is 64.6 Å². The number of hydrogen-bond acceptors (Lipinski definition) is 6. The van der Waals surface area contributed by atoms with E-state index in [1.165, 1.54) is 0 Å². The number of allylic oxidation sites excluding steroid dienone is 3. The summed E-state index contributed by atoms with van der Waals surface area (Å²) in [6.07, 6.45) is 5.16. The number of thiophene rings is 1. The number of dihydropyridines is 1. The molecule has 1 aliphatic heterocycles. The number of Topliss-reactive ketones (excluding diaryl/α,β-unsaturated/α-hetero) is 1. The van der Waals surface area contributed by atoms with Crippen LogP contribution in [0.25, 0.3) is 0 Å². The molecule has 2 aliphatic carbocycles. The fourth-order valence-corrected chi connectivity index (χ4v) is 6.25. The average molecular weight is 464 g/mol. The summed E-state index contributed by atoms with van der Waals surface area (Å²) >= 11 is 1.58. The van der Waals surface area contributed by atoms with E-state index in [0.717, 1.165) is 65.3 Å². The second-order valence-corrected chi connectivity index (χ2v) is 10.1. The summed E-state index contributed by atoms with van der Waals surface area (Å²) in [7, 11) is 1.65. The molecule has 0 radical (unpaired) electrons. The van der Waals surface area contributed by atoms with Gasteiger partial charge in [-0.05, 0) is 74.1 Å². The van der Waals surface area contributed by atoms with Crippen molar-refractivity contribution < 1.29 is 19.1 Å². The van der Waals surface area contributed by atoms with Gasteiger partial charge in [-0.1, -0.05) is 18.2 Å². The molecule has 0 bridgehead atoms. The maximum atomic E-state index is 13.6. The molecule has 1 saturated carbocycles. The van der Waals surface area contributed by atoms with Crippen molar-refractivity contribution in [3.63, 3.8) is 0 Å². The molecule has 6 heteroatoms. The molecule has 0 amide bonds. The molecule has 2 aromatic rings. The molecule has 0 spiro atoms. The van der Waals surface area contributed by atoms with Gasteiger partial charge in [-0.3, -0.25) is 4.79 Å². The highest BCUT2D eigenvalue weighted by atomic mass is 32.1. The van der Waals surface area contributed by atoms with Crippen molar-refractivity contribution in [2.45, 2.75) is 63.4 Å². The number of hydrogen-bond donors (Lipinski definition) is 1. The summed E-state index contributed by atoms with van der Waals surface area (Å²) in [6.45, 7) is 1.93. The predicted octanol–water partition coefficient (Wildman–Crippen LogP) is 5.60. The Morgan fingerprint density at radius 2 is 1.94 bits per heavy atom. The Bertz CT molecular complexity index is 1120. The van der Waals surface area contributed by atoms with E-state index in [-0.39, 0.29) is 29.7 Å². The van der Waals surface area contributed by atoms with Gasteiger partial charge in [-0.2, -0.15) is 0 Å². The Morgan fingerprint density at radius 1 is 1.12 bits per heavy atom. The number of carbonyl (C=O) groups is 2. The Labute approximate surface area is 198 Å². The third-order valence-corrected chi connectivity index (χ3v) is 7.95. The number of benzene rings is 1. The first-order valence-electron chi connectivity index (χ1n) is 11.7. The van der Waals surface area contributed by atoms with Gasteiger partial charge in [0.05, 0.1) is 18.6 Å². The summed E-state index contributed by atoms with van der Waals surface area (Å²) in [5.74, 6) is 0.297. The van der Waals surface area contributed by atoms with Crippen LogP contribution >= 0.6 is 11.3 Å². The van der Waals surface area contributed by atoms with Gasteiger partial charge in [0.25, 0.3) is 0 Å². The summed E-state index contributed by atoms with van der Waals surface area (Å²) in [5, 5.41) is 5.44. The molecule has 33 heavy (non-hydrogen) atoms. The molecule has 2 heterocycles. The first kappa shape index (κ1) is 22.0. The summed E-state index contributed by atoms with van der Waals surface area (Å²) in [6, 6.07) is 11.9. The minimum Gasteiger partial charge on any atom is -0.497 e. The smallest absolute Gasteiger partial charge is 0.337 e. The molecular formula is C27H29NO4S. The van der Waals surface area contributed by atoms with Gasteiger partial charge in [0.1, 0.15) is 11.9 Å². The summed E-state index contributed by atoms with van der Waals surface area (Å²) in [4.78, 5) is 27.9. The lowest BCUT2D eigenvalue weighted by Gasteiger charge is -2.36. The summed E-state index contributed by atoms with van der Waals surface area (Å²) < 4.78 is 11.3. The van der Waals surface area contributed by atoms with Crippen molar-refractivity contribution >= 4 is 23.1 Å². The highest BCUT2D eigenvalue weighted by Crippen LogP contribution is 2.47. The molecule has 0 saturated heterocycles. The van der Waals surface area contributed by atoms with Crippen LogP contribution in [0, 0.1) is 0 Å². The fourth-order valence-electron chi connectivity index (χ4n) is 5.40. The normalized spacial score (nSPS) is 23.4. The van der Waals surface area contributed by atoms with Gasteiger partial charge in [-0.25, -0.2) is 4.79 Å². The van der Waals surface area contributed by atoms with E-state index >= 15 is 0 Å². The van der Waals surface area contributed by atoms with Crippen molar-refractivity contribution in [3.05, 3.63) is 74.8 Å². The lowest BCUT2D eigenvalue weighted by Crippen LogP contribution is -2.36. The second-order valence-electron chi connectivity index (χ2n) is 9.12. The zero-order chi connectivity index (χ0) is 22.9. The predicted molar refractivity (Wildman–Crippen MR) is 128 cm³/mol. The molecule has 0 unspecified atom stereocenters. The highest BCUT2D eigenvalue weighted by Gasteiger charge is 2.42. The first-order valence-corrected chi connectivity index (χ1v) is 12.6. The number of ketones is 1. The van der Waals surface area contributed by atoms with Gasteiger partial charge in [0, 0.05) is 28.3 Å². The van der Waals surface area contributed by atoms with E-state index in [4.69, 9.17) is 9.47 Å². The van der Waals surface area contributed by atoms with E-state index in [9.17, 15) is 9.59 Å². The van der Waals surface area contributed by atoms with Crippen LogP contribution in [0.5, 0.6) is 5.75 Å². The molecule has 5 nitrogen and oxygen atoms in total. The lowest BCUT2D eigenvalue weighted by atomic mass is 9.73. The minimum atomic E-state index is -0.367. The quantitative estimate of drug-likeness (QED) is 0.585. The van der Waals surface area contributed by atoms with Crippen LogP contribution in [0.15, 0.2) is 64.3 Å². The number of esters is 1. The Kier molecular flexibility index (Phi) is 6.11. The molecule has 2 atom stereocenters. The number of methoxy groups -OCH3 is 1. The monoisotopic (exact) mass is 463 g/mol. The van der Waals surface area contributed by atoms with Gasteiger partial charge < -0.3 is 14.8 Å². The molecule has 1 aromatic carbocycles. The van der Waals surface area contributed by atoms with Crippen LogP contribution < -0.4 is 10.1 Å². The Hall–Kier alpha value is -2.86. The molecule has 5 rings (SSSR count). The lowest BCUT2D eigenvalue weighted by molar-refractivity contribution is -0.144. The first-order chi connectivity index (χ1) is 16.0. The Morgan fingerprint density at radius 3 is 2.67 bits per heavy atom. The second kappa shape index (κ2) is 9.18. The molecule has 1 N–H and O–H groups in total. The van der Waals surface area contributed by atoms with Crippen molar-refractivity contribution in [1.29, 1.82) is 0 Å². The van der Waals surface area contributed by atoms with E-state index in [2.05, 4.69) is 11.4 Å². The molecule has 3 aliphatic rings. The Balaban J connectivity index is 1.50. The van der Waals surface area contributed by atoms with Crippen LogP contribution in [0.3, 0.4) is 0 Å². The zero-order valence-corrected chi connectivity index (χ0v) is 19.9. The maximum Gasteiger partial charge on any atom is 0.337 e. The van der Waals surface area contributed by atoms with E-state index in [1.54, 1.807) is 18.4 Å². The van der Waals surface area contributed by atoms with E-state index in [1.807, 2.05) is 42.6 Å². The largest absolute Gasteiger partial charge is 0.497 e. The minimum absolute atomic E-state index is 0.0170. The zero-order valence-electron chi connectivity index (χ0n) is 19.1. The van der Waals surface area contributed by atoms with Crippen LogP contribution in [-0.4, -0.2) is 25.0 Å². The van der Waals surface area contributed by atoms with Gasteiger partial charge in [0.15, 0.2) is 5.78 Å². The van der Waals surface area contributed by atoms with Crippen molar-refractivity contribution in [1.82, 2.24) is 5.32 Å². The molecular weight excluding hydrogens is 434 g/mol. The molecule has 172 valence electrons. The summed E-state index contributed by atoms with van der Waals surface area (Å²) in [5.41, 5.74) is 4.11. The third-order valence-electron chi connectivity index (χ3n) is 7.02. The van der Waals surface area contributed by atoms with Gasteiger partial charge in [-0.15, -0.1) is 11.3 Å². The number of carbonyl (C=O) groups excluding carboxylic acids is 2. The fraction of sp³-hybridized carbons (Fsp3) is 0.407. The van der Waals surface area contributed by atoms with Crippen molar-refractivity contribution in [2.75, 3.05) is 7.11 Å². The number of ether oxygens (including phenoxy) is 2. The molecule has 1 aromatic heterocycles. The maximum absolute atomic E-state index is 13.6. The average Bonchev–Trinajstić information content (AvgIpc) is 3.52. The van der Waals surface area contributed by atoms with Crippen LogP contribution in [0.4, 0.5) is 0 Å². The number of nitrogens with one attached hydrogen (secondary N) is 1. The third kappa shape index (κ3) is 4.24. The molecule has 1 fully saturated rings.